The number of nitrogens with zero attached hydrogens (tertiary/aromatic N) is 3. The predicted molar refractivity (Wildman–Crippen MR) is 96.4 cm³/mol. The topological polar surface area (TPSA) is 101 Å². The van der Waals surface area contributed by atoms with Crippen molar-refractivity contribution >= 4 is 11.7 Å². The number of benzene rings is 1. The summed E-state index contributed by atoms with van der Waals surface area (Å²) >= 11 is 0. The summed E-state index contributed by atoms with van der Waals surface area (Å²) in [5.74, 6) is 0.870. The van der Waals surface area contributed by atoms with Gasteiger partial charge in [0.15, 0.2) is 0 Å². The van der Waals surface area contributed by atoms with E-state index in [0.29, 0.717) is 37.3 Å². The molecule has 0 saturated heterocycles. The van der Waals surface area contributed by atoms with Crippen LogP contribution in [0.3, 0.4) is 0 Å². The summed E-state index contributed by atoms with van der Waals surface area (Å²) in [7, 11) is 0. The molecule has 0 aliphatic rings. The first-order valence-electron chi connectivity index (χ1n) is 8.64. The Labute approximate surface area is 150 Å². The maximum absolute atomic E-state index is 12.2. The molecule has 136 valence electrons. The largest absolute Gasteiger partial charge is 0.425 e. The lowest BCUT2D eigenvalue weighted by molar-refractivity contribution is -0.121. The number of aromatic amines is 1. The smallest absolute Gasteiger partial charge is 0.318 e. The zero-order valence-electron chi connectivity index (χ0n) is 14.6. The molecular formula is C18H21N5O3. The molecule has 0 aliphatic heterocycles. The molecule has 0 saturated carbocycles. The van der Waals surface area contributed by atoms with Gasteiger partial charge in [-0.2, -0.15) is 9.50 Å². The number of ether oxygens (including phenoxy) is 1. The van der Waals surface area contributed by atoms with E-state index in [1.54, 1.807) is 12.1 Å². The van der Waals surface area contributed by atoms with Gasteiger partial charge in [-0.3, -0.25) is 9.59 Å². The molecule has 3 rings (SSSR count). The first kappa shape index (κ1) is 17.7. The van der Waals surface area contributed by atoms with Crippen LogP contribution >= 0.6 is 0 Å². The molecule has 0 aliphatic carbocycles. The fourth-order valence-corrected chi connectivity index (χ4v) is 2.46. The second kappa shape index (κ2) is 8.28. The van der Waals surface area contributed by atoms with Gasteiger partial charge in [-0.15, -0.1) is 0 Å². The Bertz CT molecular complexity index is 933. The lowest BCUT2D eigenvalue weighted by Gasteiger charge is -2.03. The summed E-state index contributed by atoms with van der Waals surface area (Å²) in [4.78, 5) is 32.4. The Kier molecular flexibility index (Phi) is 5.62. The SMILES string of the molecule is CCCNC(=O)CCCc1cc(=O)n2[nH]c(Oc3ccccc3)nc2n1. The molecule has 0 fully saturated rings. The Balaban J connectivity index is 1.67. The molecule has 8 heteroatoms. The van der Waals surface area contributed by atoms with Gasteiger partial charge in [0.25, 0.3) is 11.3 Å². The second-order valence-electron chi connectivity index (χ2n) is 5.87. The van der Waals surface area contributed by atoms with Crippen LogP contribution in [0.4, 0.5) is 0 Å². The number of para-hydroxylation sites is 1. The predicted octanol–water partition coefficient (Wildman–Crippen LogP) is 2.06. The van der Waals surface area contributed by atoms with Gasteiger partial charge >= 0.3 is 6.01 Å². The highest BCUT2D eigenvalue weighted by atomic mass is 16.5. The molecule has 0 unspecified atom stereocenters. The third-order valence-corrected chi connectivity index (χ3v) is 3.73. The number of rotatable bonds is 8. The minimum Gasteiger partial charge on any atom is -0.425 e. The van der Waals surface area contributed by atoms with E-state index in [1.165, 1.54) is 10.6 Å². The minimum atomic E-state index is -0.268. The number of nitrogens with one attached hydrogen (secondary N) is 2. The lowest BCUT2D eigenvalue weighted by Crippen LogP contribution is -2.23. The molecule has 3 aromatic rings. The summed E-state index contributed by atoms with van der Waals surface area (Å²) in [6.45, 7) is 2.69. The van der Waals surface area contributed by atoms with Crippen LogP contribution < -0.4 is 15.6 Å². The highest BCUT2D eigenvalue weighted by Gasteiger charge is 2.10. The fourth-order valence-electron chi connectivity index (χ4n) is 2.46. The monoisotopic (exact) mass is 355 g/mol. The molecule has 8 nitrogen and oxygen atoms in total. The van der Waals surface area contributed by atoms with Crippen molar-refractivity contribution in [2.45, 2.75) is 32.6 Å². The summed E-state index contributed by atoms with van der Waals surface area (Å²) in [5, 5.41) is 5.61. The van der Waals surface area contributed by atoms with Crippen LogP contribution in [0.1, 0.15) is 31.9 Å². The van der Waals surface area contributed by atoms with Crippen molar-refractivity contribution in [3.63, 3.8) is 0 Å². The van der Waals surface area contributed by atoms with E-state index in [2.05, 4.69) is 20.4 Å². The van der Waals surface area contributed by atoms with Crippen LogP contribution in [-0.2, 0) is 11.2 Å². The molecule has 26 heavy (non-hydrogen) atoms. The summed E-state index contributed by atoms with van der Waals surface area (Å²) in [6, 6.07) is 10.8. The van der Waals surface area contributed by atoms with Crippen molar-refractivity contribution in [1.82, 2.24) is 24.9 Å². The molecule has 0 bridgehead atoms. The van der Waals surface area contributed by atoms with Crippen molar-refractivity contribution < 1.29 is 9.53 Å². The van der Waals surface area contributed by atoms with Gasteiger partial charge in [0.2, 0.25) is 5.91 Å². The lowest BCUT2D eigenvalue weighted by atomic mass is 10.2. The van der Waals surface area contributed by atoms with Crippen LogP contribution in [0, 0.1) is 0 Å². The first-order valence-corrected chi connectivity index (χ1v) is 8.64. The zero-order valence-corrected chi connectivity index (χ0v) is 14.6. The molecule has 0 atom stereocenters. The van der Waals surface area contributed by atoms with Gasteiger partial charge in [0.1, 0.15) is 5.75 Å². The third kappa shape index (κ3) is 4.47. The number of carbonyl (C=O) groups excluding carboxylic acids is 1. The van der Waals surface area contributed by atoms with E-state index in [9.17, 15) is 9.59 Å². The normalized spacial score (nSPS) is 10.8. The minimum absolute atomic E-state index is 0.0166. The van der Waals surface area contributed by atoms with E-state index < -0.39 is 0 Å². The van der Waals surface area contributed by atoms with Gasteiger partial charge in [-0.1, -0.05) is 25.1 Å². The van der Waals surface area contributed by atoms with Crippen molar-refractivity contribution in [3.05, 3.63) is 52.4 Å². The van der Waals surface area contributed by atoms with Crippen molar-refractivity contribution in [1.29, 1.82) is 0 Å². The van der Waals surface area contributed by atoms with Crippen LogP contribution in [0.2, 0.25) is 0 Å². The average Bonchev–Trinajstić information content (AvgIpc) is 3.04. The standard InChI is InChI=1S/C18H21N5O3/c1-2-11-19-15(24)10-6-7-13-12-16(25)23-17(20-13)21-18(22-23)26-14-8-4-3-5-9-14/h3-5,8-9,12H,2,6-7,10-11H2,1H3,(H,19,24)(H,20,21,22). The summed E-state index contributed by atoms with van der Waals surface area (Å²) in [5.41, 5.74) is 0.340. The Hall–Kier alpha value is -3.16. The number of amides is 1. The fraction of sp³-hybridized carbons (Fsp3) is 0.333. The van der Waals surface area contributed by atoms with Gasteiger partial charge in [-0.05, 0) is 31.4 Å². The highest BCUT2D eigenvalue weighted by molar-refractivity contribution is 5.75. The first-order chi connectivity index (χ1) is 12.7. The van der Waals surface area contributed by atoms with E-state index in [-0.39, 0.29) is 23.3 Å². The Morgan fingerprint density at radius 1 is 1.27 bits per heavy atom. The van der Waals surface area contributed by atoms with Crippen molar-refractivity contribution in [2.24, 2.45) is 0 Å². The van der Waals surface area contributed by atoms with Crippen LogP contribution in [0.25, 0.3) is 5.78 Å². The van der Waals surface area contributed by atoms with E-state index in [1.807, 2.05) is 25.1 Å². The molecule has 1 amide bonds. The number of carbonyl (C=O) groups is 1. The number of hydrogen-bond acceptors (Lipinski definition) is 5. The molecule has 2 N–H and O–H groups in total. The Morgan fingerprint density at radius 3 is 2.85 bits per heavy atom. The quantitative estimate of drug-likeness (QED) is 0.644. The van der Waals surface area contributed by atoms with Gasteiger partial charge in [0, 0.05) is 19.0 Å². The van der Waals surface area contributed by atoms with Crippen LogP contribution in [0.5, 0.6) is 11.8 Å². The maximum Gasteiger partial charge on any atom is 0.318 e. The third-order valence-electron chi connectivity index (χ3n) is 3.73. The Morgan fingerprint density at radius 2 is 2.08 bits per heavy atom. The molecule has 2 aromatic heterocycles. The van der Waals surface area contributed by atoms with Crippen LogP contribution in [0.15, 0.2) is 41.2 Å². The van der Waals surface area contributed by atoms with Gasteiger partial charge < -0.3 is 10.1 Å². The number of hydrogen-bond donors (Lipinski definition) is 2. The second-order valence-corrected chi connectivity index (χ2v) is 5.87. The van der Waals surface area contributed by atoms with E-state index in [0.717, 1.165) is 6.42 Å². The van der Waals surface area contributed by atoms with Gasteiger partial charge in [-0.25, -0.2) is 10.1 Å². The number of fused-ring (bicyclic) bond motifs is 1. The van der Waals surface area contributed by atoms with Crippen molar-refractivity contribution in [2.75, 3.05) is 6.54 Å². The zero-order chi connectivity index (χ0) is 18.4. The molecule has 1 aromatic carbocycles. The summed E-state index contributed by atoms with van der Waals surface area (Å²) < 4.78 is 6.82. The number of aromatic nitrogens is 4. The molecule has 0 radical (unpaired) electrons. The highest BCUT2D eigenvalue weighted by Crippen LogP contribution is 2.16. The number of aryl methyl sites for hydroxylation is 1. The van der Waals surface area contributed by atoms with E-state index >= 15 is 0 Å². The average molecular weight is 355 g/mol. The molecule has 0 spiro atoms. The van der Waals surface area contributed by atoms with Crippen LogP contribution in [-0.4, -0.2) is 32.0 Å². The maximum atomic E-state index is 12.2. The van der Waals surface area contributed by atoms with Crippen molar-refractivity contribution in [3.8, 4) is 11.8 Å². The van der Waals surface area contributed by atoms with E-state index in [4.69, 9.17) is 4.74 Å². The van der Waals surface area contributed by atoms with Gasteiger partial charge in [0.05, 0.1) is 5.69 Å². The number of H-pyrrole nitrogens is 1. The molecular weight excluding hydrogens is 334 g/mol. The summed E-state index contributed by atoms with van der Waals surface area (Å²) in [6.07, 6.45) is 2.47. The molecule has 2 heterocycles.